The largest absolute Gasteiger partial charge is 2.00 e. The number of hydrogen-bond acceptors (Lipinski definition) is 12. The van der Waals surface area contributed by atoms with E-state index in [4.69, 9.17) is 0 Å². The Labute approximate surface area is 509 Å². The van der Waals surface area contributed by atoms with Crippen LogP contribution in [0.2, 0.25) is 0 Å². The Morgan fingerprint density at radius 1 is 0.221 bits per heavy atom. The molecule has 8 aliphatic heterocycles. The molecule has 0 aromatic rings. The summed E-state index contributed by atoms with van der Waals surface area (Å²) in [6, 6.07) is 0. The van der Waals surface area contributed by atoms with Crippen molar-refractivity contribution >= 4 is 0 Å². The maximum atomic E-state index is 9.32. The first-order chi connectivity index (χ1) is 11.6. The van der Waals surface area contributed by atoms with Crippen LogP contribution >= 0.6 is 0 Å². The molecule has 0 unspecified atom stereocenters. The van der Waals surface area contributed by atoms with Crippen LogP contribution in [0, 0.1) is 0 Å². The van der Waals surface area contributed by atoms with Gasteiger partial charge in [-0.15, -0.1) is 0 Å². The normalized spacial score (nSPS) is 19.9. The minimum atomic E-state index is 0. The fourth-order valence-electron chi connectivity index (χ4n) is 5.58. The number of aliphatic hydroxyl groups is 2. The molecule has 8 aliphatic rings. The van der Waals surface area contributed by atoms with Crippen LogP contribution in [0.15, 0.2) is 0 Å². The molecule has 8 rings (SSSR count). The Hall–Kier alpha value is 4.08. The van der Waals surface area contributed by atoms with E-state index in [9.17, 15) is 10.2 Å². The zero-order valence-corrected chi connectivity index (χ0v) is 47.4. The predicted octanol–water partition coefficient (Wildman–Crippen LogP) is -11.6. The molecule has 0 spiro atoms. The van der Waals surface area contributed by atoms with Crippen LogP contribution in [0.4, 0.5) is 0 Å². The van der Waals surface area contributed by atoms with Crippen LogP contribution in [-0.4, -0.2) is 197 Å². The fraction of sp³-hybridized carbons (Fsp3) is 1.00. The van der Waals surface area contributed by atoms with Crippen molar-refractivity contribution in [2.45, 2.75) is 0 Å². The number of quaternary nitrogens is 2. The summed E-state index contributed by atoms with van der Waals surface area (Å²) in [6.07, 6.45) is 0. The summed E-state index contributed by atoms with van der Waals surface area (Å²) >= 11 is 0. The fourth-order valence-corrected chi connectivity index (χ4v) is 5.58. The van der Waals surface area contributed by atoms with E-state index in [1.807, 2.05) is 0 Å². The monoisotopic (exact) mass is 1410 g/mol. The summed E-state index contributed by atoms with van der Waals surface area (Å²) in [4.78, 5) is 14.4. The van der Waals surface area contributed by atoms with Crippen molar-refractivity contribution in [1.29, 1.82) is 0 Å². The second kappa shape index (κ2) is 151. The molecular weight excluding hydrogens is 1370 g/mol. The van der Waals surface area contributed by atoms with Crippen molar-refractivity contribution in [3.63, 3.8) is 0 Å². The number of rotatable bonds is 2. The van der Waals surface area contributed by atoms with Gasteiger partial charge in [0.15, 0.2) is 13.5 Å². The van der Waals surface area contributed by atoms with Gasteiger partial charge in [0.2, 0.25) is 0 Å². The second-order valence-corrected chi connectivity index (χ2v) is 8.69. The molecule has 10 radical (unpaired) electrons. The van der Waals surface area contributed by atoms with Gasteiger partial charge in [0, 0.05) is 186 Å². The van der Waals surface area contributed by atoms with Gasteiger partial charge in [-0.3, -0.25) is 8.97 Å². The van der Waals surface area contributed by atoms with Crippen LogP contribution in [0.3, 0.4) is 0 Å². The zero-order valence-electron chi connectivity index (χ0n) is 33.4. The minimum Gasteiger partial charge on any atom is -2.00 e. The summed E-state index contributed by atoms with van der Waals surface area (Å²) < 4.78 is 1.67. The molecule has 458 valence electrons. The first-order valence-electron chi connectivity index (χ1n) is 8.85. The molecule has 0 aromatic carbocycles. The second-order valence-electron chi connectivity index (χ2n) is 8.69. The van der Waals surface area contributed by atoms with Crippen LogP contribution < -0.4 is 0 Å². The van der Waals surface area contributed by atoms with Crippen molar-refractivity contribution < 1.29 is 391 Å². The van der Waals surface area contributed by atoms with Crippen molar-refractivity contribution in [2.75, 3.05) is 93.5 Å². The summed E-state index contributed by atoms with van der Waals surface area (Å²) in [6.45, 7) is 13.3. The average molecular weight is 1410 g/mol. The Kier molecular flexibility index (Phi) is 786. The molecule has 8 saturated heterocycles. The minimum absolute atomic E-state index is 0. The molecule has 8 heterocycles. The van der Waals surface area contributed by atoms with Crippen molar-refractivity contribution in [3.8, 4) is 0 Å². The Bertz CT molecular complexity index is 475. The molecule has 0 aliphatic carbocycles. The molecule has 0 amide bonds. The average Bonchev–Trinajstić information content (AvgIpc) is 2.53. The Morgan fingerprint density at radius 3 is 0.353 bits per heavy atom. The van der Waals surface area contributed by atoms with Gasteiger partial charge in [-0.05, 0) is 0 Å². The van der Waals surface area contributed by atoms with Crippen molar-refractivity contribution in [1.82, 2.24) is 29.4 Å². The SMILES string of the molecule is O.O.O.O.O.O.OC[N+]12CN3CN(CN(C3)C1)C2.OC[N+]12CN3CN(CN(C3)C1)C2.[O-2].[O-2].[O-2].[O-2].[O-2].[O-2].[O-2].[O-2].[O-2].[O-2].[O-2].[O-2].[O-2].[O-2].[O-2].[O-2].[O-2].[O-2].[O-2].[O-2].[O-2].[O-2].[O-2].[O-2].[OH-].[OH-].[OH-].[OH-].[V].[V].[V].[V].[V].[V].[V].[V].[V].[V]. The predicted molar refractivity (Wildman–Crippen MR) is 130 cm³/mol. The maximum absolute atomic E-state index is 9.32. The Morgan fingerprint density at radius 2 is 0.294 bits per heavy atom. The van der Waals surface area contributed by atoms with E-state index in [1.165, 1.54) is 0 Å². The molecule has 54 heteroatoms. The van der Waals surface area contributed by atoms with E-state index < -0.39 is 0 Å². The molecule has 0 aromatic heterocycles. The molecule has 0 atom stereocenters. The van der Waals surface area contributed by atoms with E-state index in [1.54, 1.807) is 0 Å². The van der Waals surface area contributed by atoms with Gasteiger partial charge in [-0.1, -0.05) is 0 Å². The number of hydrogen-bond donors (Lipinski definition) is 2. The van der Waals surface area contributed by atoms with Crippen LogP contribution in [-0.2, 0) is 317 Å². The summed E-state index contributed by atoms with van der Waals surface area (Å²) in [7, 11) is 0. The molecular formula is C14H46N8O36V10-50. The Balaban J connectivity index is -0.00000000368. The van der Waals surface area contributed by atoms with Crippen molar-refractivity contribution in [3.05, 3.63) is 0 Å². The van der Waals surface area contributed by atoms with Crippen LogP contribution in [0.5, 0.6) is 0 Å². The van der Waals surface area contributed by atoms with Crippen LogP contribution in [0.1, 0.15) is 0 Å². The third-order valence-electron chi connectivity index (χ3n) is 6.00. The summed E-state index contributed by atoms with van der Waals surface area (Å²) in [5.74, 6) is 0. The number of aliphatic hydroxyl groups excluding tert-OH is 2. The third-order valence-corrected chi connectivity index (χ3v) is 6.00. The van der Waals surface area contributed by atoms with E-state index in [2.05, 4.69) is 29.4 Å². The molecule has 68 heavy (non-hydrogen) atoms. The summed E-state index contributed by atoms with van der Waals surface area (Å²) in [5.41, 5.74) is 0. The standard InChI is InChI=1S/2C7H15N4O.10H2O.24O.10V/c2*12-7-11-4-8-1-9(5-11)3-10(2-8)6-11;;;;;;;;;;;;;;;;;;;;;;;;;;;;;;;;;;;;;;;;;;;;/h2*12H,1-7H2;10*1H2;;;;;;;;;;;;;;;;;;;;;;;;;;;;;;;;;;/q2*+1;;;;;;;;;;;24*-2;;;;;;;;;;/p-4. The van der Waals surface area contributed by atoms with Gasteiger partial charge < -0.3 is 196 Å². The molecule has 8 bridgehead atoms. The quantitative estimate of drug-likeness (QED) is 0.244. The van der Waals surface area contributed by atoms with Crippen molar-refractivity contribution in [2.24, 2.45) is 0 Å². The van der Waals surface area contributed by atoms with E-state index >= 15 is 0 Å². The molecule has 8 fully saturated rings. The van der Waals surface area contributed by atoms with Gasteiger partial charge >= 0.3 is 0 Å². The van der Waals surface area contributed by atoms with E-state index in [0.717, 1.165) is 89.0 Å². The van der Waals surface area contributed by atoms with Crippen LogP contribution in [0.25, 0.3) is 0 Å². The summed E-state index contributed by atoms with van der Waals surface area (Å²) in [5, 5.41) is 18.6. The smallest absolute Gasteiger partial charge is 0.183 e. The van der Waals surface area contributed by atoms with Gasteiger partial charge in [0.25, 0.3) is 0 Å². The van der Waals surface area contributed by atoms with Gasteiger partial charge in [0.05, 0.1) is 40.0 Å². The molecule has 18 N–H and O–H groups in total. The van der Waals surface area contributed by atoms with E-state index in [0.29, 0.717) is 0 Å². The third kappa shape index (κ3) is 81.4. The van der Waals surface area contributed by atoms with E-state index in [-0.39, 0.29) is 385 Å². The first-order valence-corrected chi connectivity index (χ1v) is 8.85. The van der Waals surface area contributed by atoms with Gasteiger partial charge in [-0.2, -0.15) is 0 Å². The topological polar surface area (TPSA) is 1050 Å². The maximum Gasteiger partial charge on any atom is 0.183 e. The zero-order chi connectivity index (χ0) is 16.4. The molecule has 44 nitrogen and oxygen atoms in total. The number of nitrogens with zero attached hydrogens (tertiary/aromatic N) is 8. The first kappa shape index (κ1) is 354. The molecule has 0 saturated carbocycles. The van der Waals surface area contributed by atoms with Gasteiger partial charge in [0.1, 0.15) is 40.0 Å². The van der Waals surface area contributed by atoms with Gasteiger partial charge in [-0.25, -0.2) is 29.4 Å².